The van der Waals surface area contributed by atoms with E-state index in [4.69, 9.17) is 5.73 Å². The van der Waals surface area contributed by atoms with Gasteiger partial charge in [0.1, 0.15) is 5.82 Å². The third kappa shape index (κ3) is 2.52. The molecule has 0 bridgehead atoms. The van der Waals surface area contributed by atoms with Gasteiger partial charge in [-0.1, -0.05) is 12.1 Å². The summed E-state index contributed by atoms with van der Waals surface area (Å²) in [5, 5.41) is 14.6. The second-order valence-electron chi connectivity index (χ2n) is 6.83. The van der Waals surface area contributed by atoms with E-state index in [1.54, 1.807) is 6.07 Å². The average molecular weight is 348 g/mol. The standard InChI is InChI=1S/C19H17FN6/c20-16-7-13-8-17(12-3-5-14(21)6-4-12)26(10-11-1-2-11)18(13)9-15(16)19-22-24-25-23-19/h3-9,11H,1-2,10,21H2,(H,22,23,24,25). The number of hydrogen-bond donors (Lipinski definition) is 2. The molecule has 2 heterocycles. The van der Waals surface area contributed by atoms with Gasteiger partial charge in [0.25, 0.3) is 0 Å². The minimum absolute atomic E-state index is 0.262. The van der Waals surface area contributed by atoms with E-state index in [0.717, 1.165) is 34.4 Å². The van der Waals surface area contributed by atoms with Gasteiger partial charge in [-0.2, -0.15) is 5.21 Å². The SMILES string of the molecule is Nc1ccc(-c2cc3cc(F)c(-c4nn[nH]n4)cc3n2CC2CC2)cc1. The van der Waals surface area contributed by atoms with Crippen molar-refractivity contribution < 1.29 is 4.39 Å². The Labute approximate surface area is 148 Å². The fourth-order valence-electron chi connectivity index (χ4n) is 3.38. The minimum Gasteiger partial charge on any atom is -0.399 e. The Bertz CT molecular complexity index is 1080. The van der Waals surface area contributed by atoms with Gasteiger partial charge in [-0.25, -0.2) is 4.39 Å². The minimum atomic E-state index is -0.355. The van der Waals surface area contributed by atoms with Gasteiger partial charge < -0.3 is 10.3 Å². The Kier molecular flexibility index (Phi) is 3.28. The molecule has 0 radical (unpaired) electrons. The highest BCUT2D eigenvalue weighted by atomic mass is 19.1. The van der Waals surface area contributed by atoms with Crippen LogP contribution in [0.25, 0.3) is 33.5 Å². The van der Waals surface area contributed by atoms with Crippen LogP contribution in [0.2, 0.25) is 0 Å². The molecule has 26 heavy (non-hydrogen) atoms. The van der Waals surface area contributed by atoms with E-state index in [9.17, 15) is 4.39 Å². The normalized spacial score (nSPS) is 14.2. The number of tetrazole rings is 1. The van der Waals surface area contributed by atoms with Gasteiger partial charge in [0.15, 0.2) is 0 Å². The Balaban J connectivity index is 1.73. The van der Waals surface area contributed by atoms with Gasteiger partial charge >= 0.3 is 0 Å². The van der Waals surface area contributed by atoms with Crippen LogP contribution in [-0.4, -0.2) is 25.2 Å². The first-order valence-electron chi connectivity index (χ1n) is 8.61. The van der Waals surface area contributed by atoms with Crippen molar-refractivity contribution in [3.8, 4) is 22.6 Å². The van der Waals surface area contributed by atoms with Crippen LogP contribution < -0.4 is 5.73 Å². The third-order valence-electron chi connectivity index (χ3n) is 4.92. The van der Waals surface area contributed by atoms with Crippen LogP contribution >= 0.6 is 0 Å². The van der Waals surface area contributed by atoms with Crippen molar-refractivity contribution in [3.63, 3.8) is 0 Å². The predicted octanol–water partition coefficient (Wildman–Crippen LogP) is 3.62. The van der Waals surface area contributed by atoms with Crippen LogP contribution in [0.5, 0.6) is 0 Å². The van der Waals surface area contributed by atoms with E-state index < -0.39 is 0 Å². The maximum atomic E-state index is 14.6. The second-order valence-corrected chi connectivity index (χ2v) is 6.83. The molecule has 0 atom stereocenters. The van der Waals surface area contributed by atoms with Crippen molar-refractivity contribution in [1.82, 2.24) is 25.2 Å². The van der Waals surface area contributed by atoms with Gasteiger partial charge in [0.05, 0.1) is 5.56 Å². The molecule has 2 aromatic heterocycles. The van der Waals surface area contributed by atoms with Gasteiger partial charge in [-0.15, -0.1) is 10.2 Å². The maximum Gasteiger partial charge on any atom is 0.207 e. The van der Waals surface area contributed by atoms with Crippen molar-refractivity contribution in [3.05, 3.63) is 48.3 Å². The number of aromatic nitrogens is 5. The van der Waals surface area contributed by atoms with Crippen LogP contribution in [0, 0.1) is 11.7 Å². The maximum absolute atomic E-state index is 14.6. The molecule has 0 spiro atoms. The number of nitrogens with one attached hydrogen (secondary N) is 1. The first-order valence-corrected chi connectivity index (χ1v) is 8.61. The highest BCUT2D eigenvalue weighted by Crippen LogP contribution is 2.37. The Hall–Kier alpha value is -3.22. The molecule has 2 aromatic carbocycles. The molecule has 0 aliphatic heterocycles. The molecule has 0 amide bonds. The molecule has 1 aliphatic rings. The van der Waals surface area contributed by atoms with E-state index in [1.807, 2.05) is 36.4 Å². The van der Waals surface area contributed by atoms with Crippen LogP contribution in [0.15, 0.2) is 42.5 Å². The summed E-state index contributed by atoms with van der Waals surface area (Å²) in [6.45, 7) is 0.917. The summed E-state index contributed by atoms with van der Waals surface area (Å²) in [4.78, 5) is 0. The van der Waals surface area contributed by atoms with Crippen LogP contribution in [0.1, 0.15) is 12.8 Å². The second kappa shape index (κ2) is 5.66. The zero-order valence-corrected chi connectivity index (χ0v) is 14.0. The number of rotatable bonds is 4. The lowest BCUT2D eigenvalue weighted by Crippen LogP contribution is -2.02. The number of halogens is 1. The van der Waals surface area contributed by atoms with Gasteiger partial charge in [0.2, 0.25) is 5.82 Å². The van der Waals surface area contributed by atoms with E-state index in [2.05, 4.69) is 25.2 Å². The van der Waals surface area contributed by atoms with Gasteiger partial charge in [-0.3, -0.25) is 0 Å². The number of benzene rings is 2. The molecule has 3 N–H and O–H groups in total. The highest BCUT2D eigenvalue weighted by molar-refractivity contribution is 5.90. The third-order valence-corrected chi connectivity index (χ3v) is 4.92. The number of aromatic amines is 1. The summed E-state index contributed by atoms with van der Waals surface area (Å²) >= 11 is 0. The zero-order chi connectivity index (χ0) is 17.7. The number of nitrogens with zero attached hydrogens (tertiary/aromatic N) is 4. The smallest absolute Gasteiger partial charge is 0.207 e. The molecule has 5 rings (SSSR count). The lowest BCUT2D eigenvalue weighted by molar-refractivity contribution is 0.630. The van der Waals surface area contributed by atoms with Crippen LogP contribution in [-0.2, 0) is 6.54 Å². The van der Waals surface area contributed by atoms with Crippen LogP contribution in [0.4, 0.5) is 10.1 Å². The number of H-pyrrole nitrogens is 1. The Morgan fingerprint density at radius 2 is 1.96 bits per heavy atom. The summed E-state index contributed by atoms with van der Waals surface area (Å²) in [6.07, 6.45) is 2.47. The summed E-state index contributed by atoms with van der Waals surface area (Å²) in [7, 11) is 0. The molecular formula is C19H17FN6. The van der Waals surface area contributed by atoms with E-state index >= 15 is 0 Å². The monoisotopic (exact) mass is 348 g/mol. The topological polar surface area (TPSA) is 85.4 Å². The molecule has 0 unspecified atom stereocenters. The fourth-order valence-corrected chi connectivity index (χ4v) is 3.38. The fraction of sp³-hybridized carbons (Fsp3) is 0.211. The first kappa shape index (κ1) is 15.1. The number of nitrogens with two attached hydrogens (primary N) is 1. The van der Waals surface area contributed by atoms with Crippen molar-refractivity contribution in [1.29, 1.82) is 0 Å². The van der Waals surface area contributed by atoms with Crippen molar-refractivity contribution >= 4 is 16.6 Å². The molecule has 1 fully saturated rings. The van der Waals surface area contributed by atoms with Crippen molar-refractivity contribution in [2.75, 3.05) is 5.73 Å². The highest BCUT2D eigenvalue weighted by Gasteiger charge is 2.25. The van der Waals surface area contributed by atoms with Crippen molar-refractivity contribution in [2.24, 2.45) is 5.92 Å². The largest absolute Gasteiger partial charge is 0.399 e. The quantitative estimate of drug-likeness (QED) is 0.552. The summed E-state index contributed by atoms with van der Waals surface area (Å²) in [5.41, 5.74) is 10.0. The lowest BCUT2D eigenvalue weighted by Gasteiger charge is -2.11. The molecule has 7 heteroatoms. The van der Waals surface area contributed by atoms with Gasteiger partial charge in [0, 0.05) is 28.8 Å². The number of fused-ring (bicyclic) bond motifs is 1. The number of nitrogen functional groups attached to an aromatic ring is 1. The molecule has 6 nitrogen and oxygen atoms in total. The summed E-state index contributed by atoms with van der Waals surface area (Å²) < 4.78 is 16.9. The molecule has 130 valence electrons. The van der Waals surface area contributed by atoms with Crippen molar-refractivity contribution in [2.45, 2.75) is 19.4 Å². The predicted molar refractivity (Wildman–Crippen MR) is 97.6 cm³/mol. The Morgan fingerprint density at radius 3 is 2.65 bits per heavy atom. The Morgan fingerprint density at radius 1 is 1.15 bits per heavy atom. The van der Waals surface area contributed by atoms with E-state index in [1.165, 1.54) is 12.8 Å². The first-order chi connectivity index (χ1) is 12.7. The number of hydrogen-bond acceptors (Lipinski definition) is 4. The molecular weight excluding hydrogens is 331 g/mol. The van der Waals surface area contributed by atoms with E-state index in [-0.39, 0.29) is 11.6 Å². The number of anilines is 1. The summed E-state index contributed by atoms with van der Waals surface area (Å²) in [5.74, 6) is 0.584. The lowest BCUT2D eigenvalue weighted by atomic mass is 10.1. The zero-order valence-electron chi connectivity index (χ0n) is 14.0. The van der Waals surface area contributed by atoms with E-state index in [0.29, 0.717) is 11.5 Å². The van der Waals surface area contributed by atoms with Gasteiger partial charge in [-0.05, 0) is 59.9 Å². The molecule has 1 aliphatic carbocycles. The molecule has 4 aromatic rings. The summed E-state index contributed by atoms with van der Waals surface area (Å²) in [6, 6.07) is 13.2. The average Bonchev–Trinajstić information content (AvgIpc) is 3.15. The molecule has 0 saturated heterocycles. The van der Waals surface area contributed by atoms with Crippen LogP contribution in [0.3, 0.4) is 0 Å². The molecule has 1 saturated carbocycles.